The summed E-state index contributed by atoms with van der Waals surface area (Å²) in [6.45, 7) is 10.5. The molecule has 14 atom stereocenters. The molecule has 1 aromatic rings. The lowest BCUT2D eigenvalue weighted by atomic mass is 9.45. The van der Waals surface area contributed by atoms with Gasteiger partial charge in [0.15, 0.2) is 5.78 Å². The first-order valence-electron chi connectivity index (χ1n) is 17.7. The average molecular weight is 635 g/mol. The smallest absolute Gasteiger partial charge is 0.159 e. The van der Waals surface area contributed by atoms with E-state index in [0.29, 0.717) is 32.3 Å². The number of ketones is 1. The van der Waals surface area contributed by atoms with Crippen molar-refractivity contribution in [3.8, 4) is 0 Å². The summed E-state index contributed by atoms with van der Waals surface area (Å²) in [4.78, 5) is 14.1. The van der Waals surface area contributed by atoms with E-state index in [4.69, 9.17) is 9.47 Å². The van der Waals surface area contributed by atoms with Gasteiger partial charge in [-0.05, 0) is 98.2 Å². The fraction of sp³-hybridized carbons (Fsp3) is 0.718. The number of benzene rings is 1. The van der Waals surface area contributed by atoms with Crippen LogP contribution in [0.3, 0.4) is 0 Å². The molecule has 2 aliphatic heterocycles. The number of hydrogen-bond donors (Lipinski definition) is 4. The fourth-order valence-electron chi connectivity index (χ4n) is 11.3. The summed E-state index contributed by atoms with van der Waals surface area (Å²) in [5, 5.41) is 46.3. The Morgan fingerprint density at radius 3 is 2.41 bits per heavy atom. The summed E-state index contributed by atoms with van der Waals surface area (Å²) >= 11 is 0. The number of fused-ring (bicyclic) bond motifs is 5. The van der Waals surface area contributed by atoms with Crippen molar-refractivity contribution in [2.45, 2.75) is 121 Å². The average Bonchev–Trinajstić information content (AvgIpc) is 3.50. The molecule has 4 N–H and O–H groups in total. The Kier molecular flexibility index (Phi) is 7.87. The highest BCUT2D eigenvalue weighted by atomic mass is 16.5. The third kappa shape index (κ3) is 4.55. The molecule has 252 valence electrons. The van der Waals surface area contributed by atoms with Gasteiger partial charge in [0.25, 0.3) is 0 Å². The SMILES string of the molecule is C[C@@H]1[C@@H](C)[C@H](CO)O[C@@H]1[C@@H](O)[C@@](C)(O)[C@H]1CC[C@@]2(O)C3=CC(=O)[C@@H]4C[C@]5(C=C[C@H](c6ccccc6)CO5)CC[C@]4(C)[C@H]3CC[C@]12C. The van der Waals surface area contributed by atoms with E-state index >= 15 is 0 Å². The van der Waals surface area contributed by atoms with Gasteiger partial charge in [-0.15, -0.1) is 0 Å². The molecule has 0 unspecified atom stereocenters. The second kappa shape index (κ2) is 11.1. The van der Waals surface area contributed by atoms with Crippen molar-refractivity contribution in [1.29, 1.82) is 0 Å². The van der Waals surface area contributed by atoms with E-state index in [1.54, 1.807) is 13.0 Å². The predicted molar refractivity (Wildman–Crippen MR) is 175 cm³/mol. The second-order valence-electron chi connectivity index (χ2n) is 16.7. The minimum Gasteiger partial charge on any atom is -0.394 e. The first-order valence-corrected chi connectivity index (χ1v) is 17.7. The Morgan fingerprint density at radius 1 is 1.02 bits per heavy atom. The van der Waals surface area contributed by atoms with Crippen LogP contribution in [0.2, 0.25) is 0 Å². The van der Waals surface area contributed by atoms with Gasteiger partial charge in [-0.25, -0.2) is 0 Å². The Balaban J connectivity index is 1.14. The van der Waals surface area contributed by atoms with Crippen molar-refractivity contribution < 1.29 is 34.7 Å². The number of carbonyl (C=O) groups excluding carboxylic acids is 1. The summed E-state index contributed by atoms with van der Waals surface area (Å²) in [7, 11) is 0. The highest BCUT2D eigenvalue weighted by Crippen LogP contribution is 2.69. The van der Waals surface area contributed by atoms with Gasteiger partial charge >= 0.3 is 0 Å². The molecule has 7 heteroatoms. The fourth-order valence-corrected chi connectivity index (χ4v) is 11.3. The van der Waals surface area contributed by atoms with E-state index in [0.717, 1.165) is 24.8 Å². The third-order valence-corrected chi connectivity index (χ3v) is 14.7. The van der Waals surface area contributed by atoms with Gasteiger partial charge < -0.3 is 29.9 Å². The van der Waals surface area contributed by atoms with Crippen LogP contribution in [0.4, 0.5) is 0 Å². The van der Waals surface area contributed by atoms with Crippen LogP contribution in [-0.2, 0) is 14.3 Å². The van der Waals surface area contributed by atoms with Gasteiger partial charge in [0.2, 0.25) is 0 Å². The minimum absolute atomic E-state index is 0.0418. The molecule has 46 heavy (non-hydrogen) atoms. The molecule has 0 bridgehead atoms. The van der Waals surface area contributed by atoms with Gasteiger partial charge in [-0.3, -0.25) is 4.79 Å². The van der Waals surface area contributed by atoms with Gasteiger partial charge in [0, 0.05) is 17.3 Å². The summed E-state index contributed by atoms with van der Waals surface area (Å²) in [5.41, 5.74) is -2.11. The van der Waals surface area contributed by atoms with Gasteiger partial charge in [0.05, 0.1) is 42.2 Å². The topological polar surface area (TPSA) is 116 Å². The second-order valence-corrected chi connectivity index (χ2v) is 16.7. The molecule has 4 fully saturated rings. The first-order chi connectivity index (χ1) is 21.7. The molecular weight excluding hydrogens is 580 g/mol. The maximum absolute atomic E-state index is 14.1. The summed E-state index contributed by atoms with van der Waals surface area (Å²) < 4.78 is 12.7. The monoisotopic (exact) mass is 634 g/mol. The number of ether oxygens (including phenoxy) is 2. The van der Waals surface area contributed by atoms with Gasteiger partial charge in [-0.2, -0.15) is 0 Å². The van der Waals surface area contributed by atoms with Crippen LogP contribution < -0.4 is 0 Å². The number of hydrogen-bond acceptors (Lipinski definition) is 7. The van der Waals surface area contributed by atoms with Crippen LogP contribution in [0.1, 0.15) is 91.0 Å². The molecule has 1 aromatic carbocycles. The maximum atomic E-state index is 14.1. The molecule has 7 nitrogen and oxygen atoms in total. The maximum Gasteiger partial charge on any atom is 0.159 e. The largest absolute Gasteiger partial charge is 0.394 e. The van der Waals surface area contributed by atoms with Crippen LogP contribution in [0, 0.1) is 40.4 Å². The number of carbonyl (C=O) groups is 1. The van der Waals surface area contributed by atoms with Crippen LogP contribution in [-0.4, -0.2) is 74.5 Å². The lowest BCUT2D eigenvalue weighted by Crippen LogP contribution is -2.63. The van der Waals surface area contributed by atoms with Crippen molar-refractivity contribution in [3.63, 3.8) is 0 Å². The van der Waals surface area contributed by atoms with Crippen molar-refractivity contribution in [1.82, 2.24) is 0 Å². The number of rotatable bonds is 5. The van der Waals surface area contributed by atoms with Gasteiger partial charge in [-0.1, -0.05) is 70.2 Å². The quantitative estimate of drug-likeness (QED) is 0.333. The summed E-state index contributed by atoms with van der Waals surface area (Å²) in [5.74, 6) is -0.185. The van der Waals surface area contributed by atoms with E-state index in [9.17, 15) is 25.2 Å². The summed E-state index contributed by atoms with van der Waals surface area (Å²) in [6.07, 6.45) is 8.97. The van der Waals surface area contributed by atoms with Crippen molar-refractivity contribution in [2.75, 3.05) is 13.2 Å². The molecule has 3 saturated carbocycles. The summed E-state index contributed by atoms with van der Waals surface area (Å²) in [6, 6.07) is 10.4. The molecule has 1 saturated heterocycles. The zero-order valence-electron chi connectivity index (χ0n) is 28.2. The lowest BCUT2D eigenvalue weighted by Gasteiger charge is -2.61. The van der Waals surface area contributed by atoms with Crippen LogP contribution in [0.25, 0.3) is 0 Å². The Hall–Kier alpha value is -1.87. The molecule has 0 radical (unpaired) electrons. The number of aliphatic hydroxyl groups excluding tert-OH is 2. The molecule has 4 aliphatic carbocycles. The third-order valence-electron chi connectivity index (χ3n) is 14.7. The Bertz CT molecular complexity index is 1400. The molecule has 2 heterocycles. The van der Waals surface area contributed by atoms with E-state index in [-0.39, 0.29) is 53.5 Å². The minimum atomic E-state index is -1.53. The highest BCUT2D eigenvalue weighted by molar-refractivity contribution is 5.95. The van der Waals surface area contributed by atoms with Crippen LogP contribution in [0.5, 0.6) is 0 Å². The number of aliphatic hydroxyl groups is 4. The molecule has 6 aliphatic rings. The van der Waals surface area contributed by atoms with Gasteiger partial charge in [0.1, 0.15) is 6.10 Å². The lowest BCUT2D eigenvalue weighted by molar-refractivity contribution is -0.198. The van der Waals surface area contributed by atoms with E-state index < -0.39 is 40.3 Å². The molecular formula is C39H54O7. The Morgan fingerprint density at radius 2 is 1.76 bits per heavy atom. The van der Waals surface area contributed by atoms with Crippen molar-refractivity contribution in [3.05, 3.63) is 59.7 Å². The molecule has 1 spiro atoms. The Labute approximate surface area is 274 Å². The molecule has 0 aromatic heterocycles. The highest BCUT2D eigenvalue weighted by Gasteiger charge is 2.70. The van der Waals surface area contributed by atoms with Crippen LogP contribution >= 0.6 is 0 Å². The zero-order chi connectivity index (χ0) is 32.9. The van der Waals surface area contributed by atoms with Crippen molar-refractivity contribution >= 4 is 5.78 Å². The van der Waals surface area contributed by atoms with E-state index in [1.165, 1.54) is 5.56 Å². The van der Waals surface area contributed by atoms with E-state index in [1.807, 2.05) is 19.9 Å². The zero-order valence-corrected chi connectivity index (χ0v) is 28.2. The van der Waals surface area contributed by atoms with E-state index in [2.05, 4.69) is 50.3 Å². The van der Waals surface area contributed by atoms with Crippen LogP contribution in [0.15, 0.2) is 54.1 Å². The predicted octanol–water partition coefficient (Wildman–Crippen LogP) is 5.11. The molecule has 7 rings (SSSR count). The standard InChI is InChI=1S/C39H54O7/c1-23-24(2)33(46-31(23)21-40)34(42)37(5,43)32-13-16-39(44)28-19-30(41)29-20-38(15-11-26(22-45-38)25-9-7-6-8-10-25)18-17-35(29,3)27(28)12-14-36(32,39)4/h6-11,15,19,23-24,26-27,29,31-34,40,42-44H,12-14,16-18,20-22H2,1-5H3/t23-,24-,26+,27+,29+,31+,32+,33+,34-,35-,36-,37+,38+,39-/m1/s1. The van der Waals surface area contributed by atoms with Crippen molar-refractivity contribution in [2.24, 2.45) is 40.4 Å². The molecule has 0 amide bonds. The normalized spacial score (nSPS) is 48.7. The number of allylic oxidation sites excluding steroid dienone is 1. The first kappa shape index (κ1) is 32.7.